The van der Waals surface area contributed by atoms with Crippen molar-refractivity contribution in [3.63, 3.8) is 0 Å². The Morgan fingerprint density at radius 2 is 1.74 bits per heavy atom. The van der Waals surface area contributed by atoms with Crippen LogP contribution in [0.2, 0.25) is 10.0 Å². The van der Waals surface area contributed by atoms with Gasteiger partial charge in [0.25, 0.3) is 0 Å². The molecule has 27 heavy (non-hydrogen) atoms. The highest BCUT2D eigenvalue weighted by atomic mass is 35.5. The van der Waals surface area contributed by atoms with Crippen LogP contribution in [0.5, 0.6) is 11.6 Å². The summed E-state index contributed by atoms with van der Waals surface area (Å²) in [5.74, 6) is 0.979. The SMILES string of the molecule is CN(c1cccc(C(F)(F)F)c1)c1cc(Oc2ccc(Cl)c(Cl)c2)ncn1. The lowest BCUT2D eigenvalue weighted by atomic mass is 10.2. The average Bonchev–Trinajstić information content (AvgIpc) is 2.64. The zero-order chi connectivity index (χ0) is 19.6. The highest BCUT2D eigenvalue weighted by molar-refractivity contribution is 6.42. The number of rotatable bonds is 4. The predicted molar refractivity (Wildman–Crippen MR) is 98.1 cm³/mol. The van der Waals surface area contributed by atoms with Crippen LogP contribution in [0.25, 0.3) is 0 Å². The number of alkyl halides is 3. The molecule has 0 bridgehead atoms. The van der Waals surface area contributed by atoms with Crippen molar-refractivity contribution < 1.29 is 17.9 Å². The fourth-order valence-electron chi connectivity index (χ4n) is 2.25. The summed E-state index contributed by atoms with van der Waals surface area (Å²) >= 11 is 11.8. The monoisotopic (exact) mass is 413 g/mol. The average molecular weight is 414 g/mol. The summed E-state index contributed by atoms with van der Waals surface area (Å²) in [6.07, 6.45) is -3.17. The standard InChI is InChI=1S/C18H12Cl2F3N3O/c1-26(12-4-2-3-11(7-12)18(21,22)23)16-9-17(25-10-24-16)27-13-5-6-14(19)15(20)8-13/h2-10H,1H3. The van der Waals surface area contributed by atoms with E-state index in [2.05, 4.69) is 9.97 Å². The van der Waals surface area contributed by atoms with Crippen molar-refractivity contribution in [2.45, 2.75) is 6.18 Å². The summed E-state index contributed by atoms with van der Waals surface area (Å²) in [5, 5.41) is 0.709. The molecular weight excluding hydrogens is 402 g/mol. The second kappa shape index (κ2) is 7.62. The molecule has 0 saturated heterocycles. The van der Waals surface area contributed by atoms with Crippen LogP contribution in [0, 0.1) is 0 Å². The van der Waals surface area contributed by atoms with E-state index in [1.165, 1.54) is 29.4 Å². The van der Waals surface area contributed by atoms with Gasteiger partial charge in [0.15, 0.2) is 0 Å². The Morgan fingerprint density at radius 1 is 0.963 bits per heavy atom. The number of aromatic nitrogens is 2. The van der Waals surface area contributed by atoms with Crippen LogP contribution in [0.4, 0.5) is 24.7 Å². The molecule has 2 aromatic carbocycles. The van der Waals surface area contributed by atoms with Gasteiger partial charge in [-0.3, -0.25) is 0 Å². The van der Waals surface area contributed by atoms with Gasteiger partial charge in [-0.2, -0.15) is 13.2 Å². The predicted octanol–water partition coefficient (Wildman–Crippen LogP) is 6.36. The Morgan fingerprint density at radius 3 is 2.44 bits per heavy atom. The van der Waals surface area contributed by atoms with E-state index in [0.29, 0.717) is 27.3 Å². The number of hydrogen-bond acceptors (Lipinski definition) is 4. The molecule has 0 fully saturated rings. The maximum atomic E-state index is 12.9. The van der Waals surface area contributed by atoms with Crippen LogP contribution in [0.3, 0.4) is 0 Å². The van der Waals surface area contributed by atoms with Crippen LogP contribution >= 0.6 is 23.2 Å². The Bertz CT molecular complexity index is 967. The molecule has 0 atom stereocenters. The zero-order valence-electron chi connectivity index (χ0n) is 13.8. The van der Waals surface area contributed by atoms with Gasteiger partial charge in [-0.05, 0) is 30.3 Å². The largest absolute Gasteiger partial charge is 0.439 e. The molecule has 0 aliphatic carbocycles. The topological polar surface area (TPSA) is 38.2 Å². The number of nitrogens with zero attached hydrogens (tertiary/aromatic N) is 3. The number of anilines is 2. The zero-order valence-corrected chi connectivity index (χ0v) is 15.3. The summed E-state index contributed by atoms with van der Waals surface area (Å²) in [5.41, 5.74) is -0.419. The van der Waals surface area contributed by atoms with Crippen molar-refractivity contribution in [3.05, 3.63) is 70.5 Å². The number of halogens is 5. The first-order valence-corrected chi connectivity index (χ1v) is 8.35. The summed E-state index contributed by atoms with van der Waals surface area (Å²) in [6, 6.07) is 11.2. The van der Waals surface area contributed by atoms with Crippen LogP contribution in [-0.4, -0.2) is 17.0 Å². The highest BCUT2D eigenvalue weighted by Crippen LogP contribution is 2.34. The summed E-state index contributed by atoms with van der Waals surface area (Å²) in [4.78, 5) is 9.59. The smallest absolute Gasteiger partial charge is 0.416 e. The van der Waals surface area contributed by atoms with Gasteiger partial charge >= 0.3 is 6.18 Å². The molecule has 1 heterocycles. The molecule has 3 rings (SSSR count). The number of hydrogen-bond donors (Lipinski definition) is 0. The van der Waals surface area contributed by atoms with Gasteiger partial charge in [0.2, 0.25) is 5.88 Å². The van der Waals surface area contributed by atoms with Crippen LogP contribution in [-0.2, 0) is 6.18 Å². The third-order valence-corrected chi connectivity index (χ3v) is 4.38. The molecule has 3 aromatic rings. The molecule has 0 unspecified atom stereocenters. The van der Waals surface area contributed by atoms with Gasteiger partial charge in [0, 0.05) is 24.9 Å². The molecule has 9 heteroatoms. The Hall–Kier alpha value is -2.51. The van der Waals surface area contributed by atoms with Gasteiger partial charge in [0.1, 0.15) is 17.9 Å². The van der Waals surface area contributed by atoms with E-state index in [1.807, 2.05) is 0 Å². The van der Waals surface area contributed by atoms with E-state index < -0.39 is 11.7 Å². The normalized spacial score (nSPS) is 11.3. The third-order valence-electron chi connectivity index (χ3n) is 3.65. The summed E-state index contributed by atoms with van der Waals surface area (Å²) in [7, 11) is 1.60. The molecule has 0 aliphatic rings. The van der Waals surface area contributed by atoms with Crippen LogP contribution < -0.4 is 9.64 Å². The lowest BCUT2D eigenvalue weighted by Crippen LogP contribution is -2.13. The highest BCUT2D eigenvalue weighted by Gasteiger charge is 2.30. The van der Waals surface area contributed by atoms with Crippen molar-refractivity contribution >= 4 is 34.7 Å². The van der Waals surface area contributed by atoms with E-state index in [4.69, 9.17) is 27.9 Å². The van der Waals surface area contributed by atoms with E-state index >= 15 is 0 Å². The quantitative estimate of drug-likeness (QED) is 0.498. The third kappa shape index (κ3) is 4.61. The molecule has 0 N–H and O–H groups in total. The first-order chi connectivity index (χ1) is 12.7. The lowest BCUT2D eigenvalue weighted by molar-refractivity contribution is -0.137. The molecular formula is C18H12Cl2F3N3O. The minimum absolute atomic E-state index is 0.206. The maximum Gasteiger partial charge on any atom is 0.416 e. The van der Waals surface area contributed by atoms with Gasteiger partial charge in [-0.15, -0.1) is 0 Å². The molecule has 0 aliphatic heterocycles. The Labute approximate surface area is 163 Å². The summed E-state index contributed by atoms with van der Waals surface area (Å²) < 4.78 is 44.4. The molecule has 0 amide bonds. The second-order valence-corrected chi connectivity index (χ2v) is 6.31. The lowest BCUT2D eigenvalue weighted by Gasteiger charge is -2.20. The molecule has 1 aromatic heterocycles. The minimum atomic E-state index is -4.43. The fraction of sp³-hybridized carbons (Fsp3) is 0.111. The number of benzene rings is 2. The molecule has 0 spiro atoms. The van der Waals surface area contributed by atoms with Crippen molar-refractivity contribution in [2.24, 2.45) is 0 Å². The van der Waals surface area contributed by atoms with Crippen LogP contribution in [0.1, 0.15) is 5.56 Å². The first-order valence-electron chi connectivity index (χ1n) is 7.60. The molecule has 4 nitrogen and oxygen atoms in total. The van der Waals surface area contributed by atoms with E-state index in [1.54, 1.807) is 25.2 Å². The maximum absolute atomic E-state index is 12.9. The van der Waals surface area contributed by atoms with Gasteiger partial charge in [0.05, 0.1) is 15.6 Å². The minimum Gasteiger partial charge on any atom is -0.439 e. The van der Waals surface area contributed by atoms with Crippen molar-refractivity contribution in [3.8, 4) is 11.6 Å². The van der Waals surface area contributed by atoms with E-state index in [0.717, 1.165) is 12.1 Å². The van der Waals surface area contributed by atoms with Crippen LogP contribution in [0.15, 0.2) is 54.9 Å². The van der Waals surface area contributed by atoms with Crippen molar-refractivity contribution in [2.75, 3.05) is 11.9 Å². The Balaban J connectivity index is 1.85. The number of ether oxygens (including phenoxy) is 1. The second-order valence-electron chi connectivity index (χ2n) is 5.50. The molecule has 0 saturated carbocycles. The molecule has 140 valence electrons. The van der Waals surface area contributed by atoms with E-state index in [9.17, 15) is 13.2 Å². The summed E-state index contributed by atoms with van der Waals surface area (Å²) in [6.45, 7) is 0. The van der Waals surface area contributed by atoms with Gasteiger partial charge < -0.3 is 9.64 Å². The molecule has 0 radical (unpaired) electrons. The van der Waals surface area contributed by atoms with Gasteiger partial charge in [-0.1, -0.05) is 29.3 Å². The van der Waals surface area contributed by atoms with Gasteiger partial charge in [-0.25, -0.2) is 9.97 Å². The van der Waals surface area contributed by atoms with Crippen molar-refractivity contribution in [1.82, 2.24) is 9.97 Å². The van der Waals surface area contributed by atoms with Crippen molar-refractivity contribution in [1.29, 1.82) is 0 Å². The van der Waals surface area contributed by atoms with E-state index in [-0.39, 0.29) is 5.88 Å². The first kappa shape index (κ1) is 19.3. The fourth-order valence-corrected chi connectivity index (χ4v) is 2.54. The Kier molecular flexibility index (Phi) is 5.43.